The van der Waals surface area contributed by atoms with Crippen molar-refractivity contribution in [1.29, 1.82) is 0 Å². The maximum atomic E-state index is 12.1. The number of primary sulfonamides is 1. The van der Waals surface area contributed by atoms with Crippen molar-refractivity contribution < 1.29 is 18.0 Å². The van der Waals surface area contributed by atoms with Gasteiger partial charge in [0.2, 0.25) is 10.0 Å². The van der Waals surface area contributed by atoms with Gasteiger partial charge in [0.25, 0.3) is 0 Å². The van der Waals surface area contributed by atoms with Crippen LogP contribution in [0.15, 0.2) is 59.5 Å². The first-order valence-electron chi connectivity index (χ1n) is 7.01. The second kappa shape index (κ2) is 7.24. The van der Waals surface area contributed by atoms with E-state index >= 15 is 0 Å². The highest BCUT2D eigenvalue weighted by atomic mass is 32.2. The van der Waals surface area contributed by atoms with Crippen LogP contribution in [0.1, 0.15) is 5.56 Å². The summed E-state index contributed by atoms with van der Waals surface area (Å²) in [5.41, 5.74) is 1.25. The fourth-order valence-electron chi connectivity index (χ4n) is 1.98. The quantitative estimate of drug-likeness (QED) is 0.790. The molecule has 2 amide bonds. The van der Waals surface area contributed by atoms with E-state index in [1.165, 1.54) is 36.2 Å². The van der Waals surface area contributed by atoms with E-state index in [1.807, 2.05) is 6.07 Å². The Balaban J connectivity index is 1.96. The van der Waals surface area contributed by atoms with Gasteiger partial charge in [0.1, 0.15) is 0 Å². The molecule has 126 valence electrons. The van der Waals surface area contributed by atoms with Crippen molar-refractivity contribution in [2.45, 2.75) is 11.4 Å². The predicted octanol–water partition coefficient (Wildman–Crippen LogP) is 0.613. The Labute approximate surface area is 140 Å². The van der Waals surface area contributed by atoms with E-state index in [0.717, 1.165) is 0 Å². The van der Waals surface area contributed by atoms with Crippen LogP contribution < -0.4 is 15.4 Å². The Kier molecular flexibility index (Phi) is 5.32. The van der Waals surface area contributed by atoms with Gasteiger partial charge in [0.05, 0.1) is 4.90 Å². The van der Waals surface area contributed by atoms with E-state index in [9.17, 15) is 18.0 Å². The van der Waals surface area contributed by atoms with Gasteiger partial charge in [-0.3, -0.25) is 9.59 Å². The monoisotopic (exact) mass is 347 g/mol. The third-order valence-electron chi connectivity index (χ3n) is 3.35. The molecule has 0 spiro atoms. The van der Waals surface area contributed by atoms with Gasteiger partial charge >= 0.3 is 11.8 Å². The second-order valence-electron chi connectivity index (χ2n) is 5.07. The number of sulfonamides is 1. The van der Waals surface area contributed by atoms with Gasteiger partial charge in [-0.05, 0) is 29.8 Å². The largest absolute Gasteiger partial charge is 0.344 e. The molecule has 0 bridgehead atoms. The van der Waals surface area contributed by atoms with Crippen molar-refractivity contribution in [2.24, 2.45) is 5.14 Å². The lowest BCUT2D eigenvalue weighted by Gasteiger charge is -2.16. The summed E-state index contributed by atoms with van der Waals surface area (Å²) in [6.45, 7) is 0.0953. The fourth-order valence-corrected chi connectivity index (χ4v) is 2.49. The summed E-state index contributed by atoms with van der Waals surface area (Å²) in [4.78, 5) is 25.2. The van der Waals surface area contributed by atoms with E-state index in [2.05, 4.69) is 5.32 Å². The molecule has 0 atom stereocenters. The number of carbonyl (C=O) groups is 2. The molecule has 0 fully saturated rings. The zero-order valence-electron chi connectivity index (χ0n) is 13.0. The third-order valence-corrected chi connectivity index (χ3v) is 4.28. The van der Waals surface area contributed by atoms with Gasteiger partial charge in [-0.1, -0.05) is 30.3 Å². The lowest BCUT2D eigenvalue weighted by Crippen LogP contribution is -2.40. The van der Waals surface area contributed by atoms with Crippen molar-refractivity contribution >= 4 is 27.5 Å². The number of anilines is 1. The number of hydrogen-bond donors (Lipinski definition) is 2. The number of amides is 2. The molecule has 7 nitrogen and oxygen atoms in total. The van der Waals surface area contributed by atoms with Crippen LogP contribution in [-0.2, 0) is 26.2 Å². The first kappa shape index (κ1) is 17.6. The zero-order valence-corrected chi connectivity index (χ0v) is 13.8. The van der Waals surface area contributed by atoms with E-state index < -0.39 is 21.8 Å². The van der Waals surface area contributed by atoms with E-state index in [4.69, 9.17) is 5.14 Å². The molecule has 24 heavy (non-hydrogen) atoms. The van der Waals surface area contributed by atoms with Crippen molar-refractivity contribution in [3.63, 3.8) is 0 Å². The molecule has 0 radical (unpaired) electrons. The smallest absolute Gasteiger partial charge is 0.316 e. The van der Waals surface area contributed by atoms with Crippen LogP contribution in [0.4, 0.5) is 5.69 Å². The van der Waals surface area contributed by atoms with Crippen molar-refractivity contribution in [3.8, 4) is 0 Å². The average Bonchev–Trinajstić information content (AvgIpc) is 2.58. The van der Waals surface area contributed by atoms with Crippen molar-refractivity contribution in [1.82, 2.24) is 5.32 Å². The summed E-state index contributed by atoms with van der Waals surface area (Å²) in [5.74, 6) is -1.45. The third kappa shape index (κ3) is 4.40. The molecule has 0 saturated carbocycles. The maximum absolute atomic E-state index is 12.1. The number of nitrogens with one attached hydrogen (secondary N) is 1. The number of benzene rings is 2. The highest BCUT2D eigenvalue weighted by molar-refractivity contribution is 7.89. The lowest BCUT2D eigenvalue weighted by atomic mass is 10.2. The Bertz CT molecular complexity index is 833. The van der Waals surface area contributed by atoms with E-state index in [1.54, 1.807) is 24.3 Å². The van der Waals surface area contributed by atoms with Gasteiger partial charge in [0.15, 0.2) is 0 Å². The topological polar surface area (TPSA) is 110 Å². The molecular weight excluding hydrogens is 330 g/mol. The summed E-state index contributed by atoms with van der Waals surface area (Å²) in [6.07, 6.45) is 0. The van der Waals surface area contributed by atoms with Gasteiger partial charge in [-0.15, -0.1) is 0 Å². The molecule has 2 rings (SSSR count). The van der Waals surface area contributed by atoms with Crippen LogP contribution in [0.3, 0.4) is 0 Å². The molecule has 2 aromatic carbocycles. The molecule has 0 aromatic heterocycles. The van der Waals surface area contributed by atoms with Crippen LogP contribution in [0.5, 0.6) is 0 Å². The summed E-state index contributed by atoms with van der Waals surface area (Å²) in [5, 5.41) is 7.51. The molecule has 0 aliphatic carbocycles. The number of carbonyl (C=O) groups excluding carboxylic acids is 2. The molecule has 8 heteroatoms. The van der Waals surface area contributed by atoms with E-state index in [0.29, 0.717) is 11.3 Å². The number of nitrogens with zero attached hydrogens (tertiary/aromatic N) is 1. The number of nitrogens with two attached hydrogens (primary N) is 1. The number of rotatable bonds is 4. The minimum absolute atomic E-state index is 0.0162. The Hall–Kier alpha value is -2.71. The molecule has 0 aliphatic heterocycles. The molecule has 2 aromatic rings. The molecular formula is C16H17N3O4S. The minimum atomic E-state index is -3.75. The number of para-hydroxylation sites is 1. The average molecular weight is 347 g/mol. The zero-order chi connectivity index (χ0) is 17.7. The van der Waals surface area contributed by atoms with Crippen LogP contribution in [-0.4, -0.2) is 27.3 Å². The van der Waals surface area contributed by atoms with Crippen molar-refractivity contribution in [3.05, 3.63) is 60.2 Å². The highest BCUT2D eigenvalue weighted by Crippen LogP contribution is 2.11. The number of likely N-dealkylation sites (N-methyl/N-ethyl adjacent to an activating group) is 1. The molecule has 0 unspecified atom stereocenters. The predicted molar refractivity (Wildman–Crippen MR) is 89.5 cm³/mol. The SMILES string of the molecule is CN(C(=O)C(=O)NCc1ccc(S(N)(=O)=O)cc1)c1ccccc1. The van der Waals surface area contributed by atoms with Crippen LogP contribution in [0.25, 0.3) is 0 Å². The van der Waals surface area contributed by atoms with Crippen LogP contribution >= 0.6 is 0 Å². The highest BCUT2D eigenvalue weighted by Gasteiger charge is 2.19. The molecule has 0 heterocycles. The summed E-state index contributed by atoms with van der Waals surface area (Å²) in [6, 6.07) is 14.5. The normalized spacial score (nSPS) is 10.9. The molecule has 0 aliphatic rings. The van der Waals surface area contributed by atoms with Crippen LogP contribution in [0, 0.1) is 0 Å². The second-order valence-corrected chi connectivity index (χ2v) is 6.63. The van der Waals surface area contributed by atoms with Gasteiger partial charge in [-0.2, -0.15) is 0 Å². The molecule has 3 N–H and O–H groups in total. The lowest BCUT2D eigenvalue weighted by molar-refractivity contribution is -0.137. The maximum Gasteiger partial charge on any atom is 0.316 e. The summed E-state index contributed by atoms with van der Waals surface area (Å²) < 4.78 is 22.3. The first-order valence-corrected chi connectivity index (χ1v) is 8.56. The van der Waals surface area contributed by atoms with Crippen molar-refractivity contribution in [2.75, 3.05) is 11.9 Å². The van der Waals surface area contributed by atoms with Gasteiger partial charge in [0, 0.05) is 19.3 Å². The Morgan fingerprint density at radius 2 is 1.62 bits per heavy atom. The van der Waals surface area contributed by atoms with E-state index in [-0.39, 0.29) is 11.4 Å². The van der Waals surface area contributed by atoms with Gasteiger partial charge < -0.3 is 10.2 Å². The first-order chi connectivity index (χ1) is 11.3. The summed E-state index contributed by atoms with van der Waals surface area (Å²) in [7, 11) is -2.24. The van der Waals surface area contributed by atoms with Gasteiger partial charge in [-0.25, -0.2) is 13.6 Å². The summed E-state index contributed by atoms with van der Waals surface area (Å²) >= 11 is 0. The molecule has 0 saturated heterocycles. The minimum Gasteiger partial charge on any atom is -0.344 e. The Morgan fingerprint density at radius 1 is 1.04 bits per heavy atom. The Morgan fingerprint density at radius 3 is 2.17 bits per heavy atom. The number of hydrogen-bond acceptors (Lipinski definition) is 4. The van der Waals surface area contributed by atoms with Crippen LogP contribution in [0.2, 0.25) is 0 Å². The fraction of sp³-hybridized carbons (Fsp3) is 0.125. The standard InChI is InChI=1S/C16H17N3O4S/c1-19(13-5-3-2-4-6-13)16(21)15(20)18-11-12-7-9-14(10-8-12)24(17,22)23/h2-10H,11H2,1H3,(H,18,20)(H2,17,22,23).